The van der Waals surface area contributed by atoms with Gasteiger partial charge in [0.2, 0.25) is 10.0 Å². The highest BCUT2D eigenvalue weighted by Gasteiger charge is 2.30. The maximum Gasteiger partial charge on any atom is 0.338 e. The molecule has 0 saturated carbocycles. The van der Waals surface area contributed by atoms with Gasteiger partial charge in [0.25, 0.3) is 5.91 Å². The molecule has 178 valence electrons. The van der Waals surface area contributed by atoms with Crippen molar-refractivity contribution >= 4 is 21.9 Å². The highest BCUT2D eigenvalue weighted by Crippen LogP contribution is 2.29. The molecule has 1 aliphatic rings. The van der Waals surface area contributed by atoms with Gasteiger partial charge in [0, 0.05) is 19.6 Å². The first kappa shape index (κ1) is 24.7. The fourth-order valence-electron chi connectivity index (χ4n) is 3.64. The van der Waals surface area contributed by atoms with E-state index in [0.717, 1.165) is 31.2 Å². The topological polar surface area (TPSA) is 102 Å². The summed E-state index contributed by atoms with van der Waals surface area (Å²) in [4.78, 5) is 24.9. The number of ether oxygens (including phenoxy) is 2. The van der Waals surface area contributed by atoms with Gasteiger partial charge in [-0.05, 0) is 43.5 Å². The minimum absolute atomic E-state index is 0.0342. The number of carbonyl (C=O) groups excluding carboxylic acids is 2. The van der Waals surface area contributed by atoms with E-state index in [1.807, 2.05) is 30.3 Å². The maximum absolute atomic E-state index is 13.3. The largest absolute Gasteiger partial charge is 0.495 e. The number of benzene rings is 2. The molecule has 1 amide bonds. The number of methoxy groups -OCH3 is 1. The Bertz CT molecular complexity index is 1060. The van der Waals surface area contributed by atoms with Crippen molar-refractivity contribution in [3.63, 3.8) is 0 Å². The quantitative estimate of drug-likeness (QED) is 0.590. The minimum Gasteiger partial charge on any atom is -0.495 e. The van der Waals surface area contributed by atoms with Crippen molar-refractivity contribution in [1.82, 2.24) is 9.62 Å². The number of nitrogens with one attached hydrogen (secondary N) is 1. The molecule has 0 bridgehead atoms. The summed E-state index contributed by atoms with van der Waals surface area (Å²) < 4.78 is 38.5. The molecule has 9 heteroatoms. The predicted molar refractivity (Wildman–Crippen MR) is 123 cm³/mol. The van der Waals surface area contributed by atoms with E-state index in [0.29, 0.717) is 19.6 Å². The average Bonchev–Trinajstić information content (AvgIpc) is 3.13. The summed E-state index contributed by atoms with van der Waals surface area (Å²) in [5, 5.41) is 2.72. The molecular weight excluding hydrogens is 444 g/mol. The molecule has 1 aliphatic heterocycles. The second-order valence-corrected chi connectivity index (χ2v) is 9.84. The number of rotatable bonds is 8. The molecule has 0 spiro atoms. The standard InChI is InChI=1S/C24H30N2O6S/c1-18(23(27)25-17-19-10-6-5-7-11-19)32-24(28)20-12-13-21(31-2)22(16-20)33(29,30)26-14-8-3-4-9-15-26/h5-7,10-13,16,18H,3-4,8-9,14-15,17H2,1-2H3,(H,25,27). The molecule has 0 aliphatic carbocycles. The summed E-state index contributed by atoms with van der Waals surface area (Å²) in [6.07, 6.45) is 2.51. The van der Waals surface area contributed by atoms with Crippen molar-refractivity contribution in [2.75, 3.05) is 20.2 Å². The van der Waals surface area contributed by atoms with Crippen molar-refractivity contribution in [1.29, 1.82) is 0 Å². The van der Waals surface area contributed by atoms with E-state index in [4.69, 9.17) is 9.47 Å². The van der Waals surface area contributed by atoms with Crippen molar-refractivity contribution < 1.29 is 27.5 Å². The lowest BCUT2D eigenvalue weighted by atomic mass is 10.2. The summed E-state index contributed by atoms with van der Waals surface area (Å²) in [5.74, 6) is -1.07. The number of sulfonamides is 1. The molecule has 1 heterocycles. The molecule has 1 saturated heterocycles. The van der Waals surface area contributed by atoms with Crippen LogP contribution in [0.15, 0.2) is 53.4 Å². The zero-order valence-corrected chi connectivity index (χ0v) is 19.8. The lowest BCUT2D eigenvalue weighted by Gasteiger charge is -2.21. The smallest absolute Gasteiger partial charge is 0.338 e. The molecule has 1 atom stereocenters. The third-order valence-electron chi connectivity index (χ3n) is 5.54. The van der Waals surface area contributed by atoms with E-state index in [1.54, 1.807) is 0 Å². The molecule has 2 aromatic rings. The Kier molecular flexibility index (Phi) is 8.46. The highest BCUT2D eigenvalue weighted by atomic mass is 32.2. The van der Waals surface area contributed by atoms with Crippen LogP contribution in [0.2, 0.25) is 0 Å². The van der Waals surface area contributed by atoms with Crippen molar-refractivity contribution in [3.8, 4) is 5.75 Å². The van der Waals surface area contributed by atoms with E-state index in [1.165, 1.54) is 36.5 Å². The van der Waals surface area contributed by atoms with Crippen LogP contribution in [-0.4, -0.2) is 50.9 Å². The Hall–Kier alpha value is -2.91. The van der Waals surface area contributed by atoms with Gasteiger partial charge in [-0.3, -0.25) is 4.79 Å². The monoisotopic (exact) mass is 474 g/mol. The number of hydrogen-bond acceptors (Lipinski definition) is 6. The first-order valence-corrected chi connectivity index (χ1v) is 12.5. The molecular formula is C24H30N2O6S. The molecule has 1 fully saturated rings. The molecule has 0 radical (unpaired) electrons. The van der Waals surface area contributed by atoms with Crippen LogP contribution < -0.4 is 10.1 Å². The van der Waals surface area contributed by atoms with Crippen LogP contribution in [0.4, 0.5) is 0 Å². The second-order valence-electron chi connectivity index (χ2n) is 7.93. The van der Waals surface area contributed by atoms with Gasteiger partial charge >= 0.3 is 5.97 Å². The summed E-state index contributed by atoms with van der Waals surface area (Å²) in [5.41, 5.74) is 0.954. The van der Waals surface area contributed by atoms with Crippen molar-refractivity contribution in [2.24, 2.45) is 0 Å². The van der Waals surface area contributed by atoms with Gasteiger partial charge in [-0.15, -0.1) is 0 Å². The van der Waals surface area contributed by atoms with Crippen LogP contribution >= 0.6 is 0 Å². The van der Waals surface area contributed by atoms with Crippen LogP contribution in [0.3, 0.4) is 0 Å². The molecule has 2 aromatic carbocycles. The van der Waals surface area contributed by atoms with Gasteiger partial charge in [0.1, 0.15) is 10.6 Å². The number of hydrogen-bond donors (Lipinski definition) is 1. The fraction of sp³-hybridized carbons (Fsp3) is 0.417. The summed E-state index contributed by atoms with van der Waals surface area (Å²) in [6, 6.07) is 13.5. The van der Waals surface area contributed by atoms with E-state index in [2.05, 4.69) is 5.32 Å². The van der Waals surface area contributed by atoms with Crippen LogP contribution in [-0.2, 0) is 26.1 Å². The molecule has 1 N–H and O–H groups in total. The maximum atomic E-state index is 13.3. The lowest BCUT2D eigenvalue weighted by Crippen LogP contribution is -2.35. The van der Waals surface area contributed by atoms with Crippen LogP contribution in [0, 0.1) is 0 Å². The third-order valence-corrected chi connectivity index (χ3v) is 7.46. The Morgan fingerprint density at radius 2 is 1.70 bits per heavy atom. The first-order valence-electron chi connectivity index (χ1n) is 11.0. The van der Waals surface area contributed by atoms with Crippen LogP contribution in [0.25, 0.3) is 0 Å². The van der Waals surface area contributed by atoms with Gasteiger partial charge in [0.05, 0.1) is 12.7 Å². The van der Waals surface area contributed by atoms with Crippen molar-refractivity contribution in [2.45, 2.75) is 50.2 Å². The van der Waals surface area contributed by atoms with Gasteiger partial charge in [-0.25, -0.2) is 13.2 Å². The van der Waals surface area contributed by atoms with Gasteiger partial charge in [-0.1, -0.05) is 43.2 Å². The second kappa shape index (κ2) is 11.3. The predicted octanol–water partition coefficient (Wildman–Crippen LogP) is 3.12. The zero-order chi connectivity index (χ0) is 23.8. The van der Waals surface area contributed by atoms with E-state index in [-0.39, 0.29) is 16.2 Å². The van der Waals surface area contributed by atoms with Gasteiger partial charge in [-0.2, -0.15) is 4.31 Å². The normalized spacial score (nSPS) is 15.8. The number of esters is 1. The summed E-state index contributed by atoms with van der Waals surface area (Å²) >= 11 is 0. The number of nitrogens with zero attached hydrogens (tertiary/aromatic N) is 1. The van der Waals surface area contributed by atoms with E-state index in [9.17, 15) is 18.0 Å². The van der Waals surface area contributed by atoms with E-state index >= 15 is 0 Å². The lowest BCUT2D eigenvalue weighted by molar-refractivity contribution is -0.129. The van der Waals surface area contributed by atoms with Crippen molar-refractivity contribution in [3.05, 3.63) is 59.7 Å². The van der Waals surface area contributed by atoms with E-state index < -0.39 is 28.0 Å². The highest BCUT2D eigenvalue weighted by molar-refractivity contribution is 7.89. The molecule has 0 aromatic heterocycles. The Labute approximate surface area is 194 Å². The Morgan fingerprint density at radius 3 is 2.33 bits per heavy atom. The minimum atomic E-state index is -3.85. The summed E-state index contributed by atoms with van der Waals surface area (Å²) in [6.45, 7) is 2.64. The Morgan fingerprint density at radius 1 is 1.03 bits per heavy atom. The first-order chi connectivity index (χ1) is 15.8. The molecule has 1 unspecified atom stereocenters. The molecule has 3 rings (SSSR count). The zero-order valence-electron chi connectivity index (χ0n) is 19.0. The molecule has 8 nitrogen and oxygen atoms in total. The Balaban J connectivity index is 1.72. The number of amides is 1. The van der Waals surface area contributed by atoms with Crippen LogP contribution in [0.5, 0.6) is 5.75 Å². The van der Waals surface area contributed by atoms with Crippen LogP contribution in [0.1, 0.15) is 48.5 Å². The fourth-order valence-corrected chi connectivity index (χ4v) is 5.34. The average molecular weight is 475 g/mol. The van der Waals surface area contributed by atoms with Gasteiger partial charge < -0.3 is 14.8 Å². The third kappa shape index (κ3) is 6.33. The number of carbonyl (C=O) groups is 2. The SMILES string of the molecule is COc1ccc(C(=O)OC(C)C(=O)NCc2ccccc2)cc1S(=O)(=O)N1CCCCCC1. The molecule has 33 heavy (non-hydrogen) atoms. The van der Waals surface area contributed by atoms with Gasteiger partial charge in [0.15, 0.2) is 6.10 Å². The summed E-state index contributed by atoms with van der Waals surface area (Å²) in [7, 11) is -2.46.